The number of carbonyl (C=O) groups is 1. The average Bonchev–Trinajstić information content (AvgIpc) is 2.45. The van der Waals surface area contributed by atoms with Crippen molar-refractivity contribution in [3.63, 3.8) is 0 Å². The van der Waals surface area contributed by atoms with E-state index in [4.69, 9.17) is 14.2 Å². The molecule has 0 heterocycles. The lowest BCUT2D eigenvalue weighted by molar-refractivity contribution is 0.0496. The number of rotatable bonds is 7. The number of aliphatic hydroxyl groups excluding tert-OH is 1. The number of ether oxygens (including phenoxy) is 3. The molecule has 0 radical (unpaired) electrons. The first kappa shape index (κ1) is 19.1. The van der Waals surface area contributed by atoms with Gasteiger partial charge in [-0.05, 0) is 51.8 Å². The quantitative estimate of drug-likeness (QED) is 0.806. The highest BCUT2D eigenvalue weighted by atomic mass is 16.6. The van der Waals surface area contributed by atoms with Gasteiger partial charge < -0.3 is 24.6 Å². The van der Waals surface area contributed by atoms with Crippen molar-refractivity contribution in [2.75, 3.05) is 20.3 Å². The van der Waals surface area contributed by atoms with Gasteiger partial charge in [0, 0.05) is 6.61 Å². The van der Waals surface area contributed by atoms with Crippen LogP contribution in [0.3, 0.4) is 0 Å². The van der Waals surface area contributed by atoms with Crippen molar-refractivity contribution >= 4 is 6.09 Å². The maximum atomic E-state index is 12.0. The predicted octanol–water partition coefficient (Wildman–Crippen LogP) is 3.04. The highest BCUT2D eigenvalue weighted by molar-refractivity contribution is 5.68. The Hall–Kier alpha value is -1.95. The number of benzene rings is 1. The van der Waals surface area contributed by atoms with Crippen molar-refractivity contribution in [1.29, 1.82) is 0 Å². The van der Waals surface area contributed by atoms with Crippen molar-refractivity contribution < 1.29 is 24.1 Å². The number of hydrogen-bond donors (Lipinski definition) is 2. The second-order valence-corrected chi connectivity index (χ2v) is 6.05. The maximum Gasteiger partial charge on any atom is 0.408 e. The smallest absolute Gasteiger partial charge is 0.408 e. The fourth-order valence-electron chi connectivity index (χ4n) is 2.08. The molecule has 1 aromatic rings. The topological polar surface area (TPSA) is 77.0 Å². The van der Waals surface area contributed by atoms with Crippen molar-refractivity contribution in [1.82, 2.24) is 5.32 Å². The Balaban J connectivity index is 2.96. The van der Waals surface area contributed by atoms with Gasteiger partial charge in [0.25, 0.3) is 0 Å². The summed E-state index contributed by atoms with van der Waals surface area (Å²) in [6.45, 7) is 7.73. The molecular weight excluding hydrogens is 298 g/mol. The molecule has 1 rings (SSSR count). The Morgan fingerprint density at radius 1 is 1.30 bits per heavy atom. The monoisotopic (exact) mass is 325 g/mol. The van der Waals surface area contributed by atoms with Crippen molar-refractivity contribution in [3.05, 3.63) is 23.8 Å². The number of amides is 1. The van der Waals surface area contributed by atoms with Crippen LogP contribution in [0.1, 0.15) is 45.7 Å². The minimum Gasteiger partial charge on any atom is -0.493 e. The molecule has 130 valence electrons. The number of hydrogen-bond acceptors (Lipinski definition) is 5. The van der Waals surface area contributed by atoms with Crippen LogP contribution in [0.2, 0.25) is 0 Å². The minimum absolute atomic E-state index is 0.0591. The molecule has 0 aliphatic carbocycles. The zero-order valence-electron chi connectivity index (χ0n) is 14.5. The van der Waals surface area contributed by atoms with E-state index in [0.29, 0.717) is 24.5 Å². The van der Waals surface area contributed by atoms with Gasteiger partial charge in [-0.1, -0.05) is 6.07 Å². The van der Waals surface area contributed by atoms with Gasteiger partial charge in [0.1, 0.15) is 5.60 Å². The van der Waals surface area contributed by atoms with Crippen molar-refractivity contribution in [3.8, 4) is 11.5 Å². The summed E-state index contributed by atoms with van der Waals surface area (Å²) in [6.07, 6.45) is -0.151. The summed E-state index contributed by atoms with van der Waals surface area (Å²) in [7, 11) is 1.57. The molecule has 0 aliphatic heterocycles. The third-order valence-corrected chi connectivity index (χ3v) is 3.00. The fraction of sp³-hybridized carbons (Fsp3) is 0.588. The Morgan fingerprint density at radius 3 is 2.52 bits per heavy atom. The summed E-state index contributed by atoms with van der Waals surface area (Å²) >= 11 is 0. The van der Waals surface area contributed by atoms with Crippen LogP contribution in [0.15, 0.2) is 18.2 Å². The summed E-state index contributed by atoms with van der Waals surface area (Å²) in [5.41, 5.74) is 0.235. The minimum atomic E-state index is -0.579. The third-order valence-electron chi connectivity index (χ3n) is 3.00. The average molecular weight is 325 g/mol. The number of alkyl carbamates (subject to hydrolysis) is 1. The van der Waals surface area contributed by atoms with E-state index in [1.54, 1.807) is 40.0 Å². The molecule has 0 saturated carbocycles. The zero-order valence-corrected chi connectivity index (χ0v) is 14.5. The Morgan fingerprint density at radius 2 is 2.00 bits per heavy atom. The molecule has 0 aromatic heterocycles. The Kier molecular flexibility index (Phi) is 7.16. The molecule has 1 aromatic carbocycles. The van der Waals surface area contributed by atoms with Gasteiger partial charge in [-0.2, -0.15) is 0 Å². The van der Waals surface area contributed by atoms with Crippen molar-refractivity contribution in [2.45, 2.75) is 45.8 Å². The molecule has 0 saturated heterocycles. The summed E-state index contributed by atoms with van der Waals surface area (Å²) in [4.78, 5) is 12.0. The molecule has 6 heteroatoms. The van der Waals surface area contributed by atoms with E-state index in [-0.39, 0.29) is 12.6 Å². The second kappa shape index (κ2) is 8.62. The van der Waals surface area contributed by atoms with Gasteiger partial charge in [0.2, 0.25) is 0 Å². The fourth-order valence-corrected chi connectivity index (χ4v) is 2.08. The molecule has 6 nitrogen and oxygen atoms in total. The number of nitrogens with one attached hydrogen (secondary N) is 1. The van der Waals surface area contributed by atoms with Gasteiger partial charge in [0.05, 0.1) is 19.8 Å². The lowest BCUT2D eigenvalue weighted by Gasteiger charge is -2.24. The van der Waals surface area contributed by atoms with Crippen LogP contribution in [0, 0.1) is 0 Å². The first-order valence-electron chi connectivity index (χ1n) is 7.71. The summed E-state index contributed by atoms with van der Waals surface area (Å²) in [6, 6.07) is 5.04. The van der Waals surface area contributed by atoms with E-state index >= 15 is 0 Å². The second-order valence-electron chi connectivity index (χ2n) is 6.05. The predicted molar refractivity (Wildman–Crippen MR) is 88.0 cm³/mol. The largest absolute Gasteiger partial charge is 0.493 e. The Bertz CT molecular complexity index is 510. The molecule has 0 bridgehead atoms. The normalized spacial score (nSPS) is 12.4. The number of carbonyl (C=O) groups excluding carboxylic acids is 1. The third kappa shape index (κ3) is 6.36. The van der Waals surface area contributed by atoms with Crippen LogP contribution < -0.4 is 14.8 Å². The van der Waals surface area contributed by atoms with Crippen LogP contribution >= 0.6 is 0 Å². The molecule has 0 fully saturated rings. The van der Waals surface area contributed by atoms with Crippen LogP contribution in [-0.2, 0) is 4.74 Å². The highest BCUT2D eigenvalue weighted by Crippen LogP contribution is 2.31. The van der Waals surface area contributed by atoms with E-state index in [9.17, 15) is 9.90 Å². The van der Waals surface area contributed by atoms with Crippen LogP contribution in [0.25, 0.3) is 0 Å². The van der Waals surface area contributed by atoms with E-state index in [1.165, 1.54) is 0 Å². The number of methoxy groups -OCH3 is 1. The molecule has 23 heavy (non-hydrogen) atoms. The van der Waals surface area contributed by atoms with Crippen LogP contribution in [0.5, 0.6) is 11.5 Å². The first-order chi connectivity index (χ1) is 10.8. The van der Waals surface area contributed by atoms with E-state index in [2.05, 4.69) is 5.32 Å². The van der Waals surface area contributed by atoms with E-state index in [1.807, 2.05) is 13.0 Å². The molecule has 1 amide bonds. The van der Waals surface area contributed by atoms with Crippen molar-refractivity contribution in [2.24, 2.45) is 0 Å². The Labute approximate surface area is 137 Å². The van der Waals surface area contributed by atoms with Gasteiger partial charge in [0.15, 0.2) is 11.5 Å². The summed E-state index contributed by atoms with van der Waals surface area (Å²) < 4.78 is 16.1. The number of aliphatic hydroxyl groups is 1. The van der Waals surface area contributed by atoms with E-state index in [0.717, 1.165) is 5.56 Å². The molecule has 0 aliphatic rings. The first-order valence-corrected chi connectivity index (χ1v) is 7.71. The molecular formula is C17H27NO5. The zero-order chi connectivity index (χ0) is 17.5. The molecule has 2 N–H and O–H groups in total. The summed E-state index contributed by atoms with van der Waals surface area (Å²) in [5, 5.41) is 12.0. The van der Waals surface area contributed by atoms with Gasteiger partial charge >= 0.3 is 6.09 Å². The SMILES string of the molecule is CCOc1cc(C(CCO)NC(=O)OC(C)(C)C)ccc1OC. The maximum absolute atomic E-state index is 12.0. The molecule has 1 atom stereocenters. The standard InChI is InChI=1S/C17H27NO5/c1-6-22-15-11-12(7-8-14(15)21-5)13(9-10-19)18-16(20)23-17(2,3)4/h7-8,11,13,19H,6,9-10H2,1-5H3,(H,18,20). The van der Waals surface area contributed by atoms with Crippen LogP contribution in [-0.4, -0.2) is 37.1 Å². The lowest BCUT2D eigenvalue weighted by Crippen LogP contribution is -2.35. The molecule has 0 spiro atoms. The highest BCUT2D eigenvalue weighted by Gasteiger charge is 2.21. The van der Waals surface area contributed by atoms with E-state index < -0.39 is 11.7 Å². The van der Waals surface area contributed by atoms with Gasteiger partial charge in [-0.25, -0.2) is 4.79 Å². The lowest BCUT2D eigenvalue weighted by atomic mass is 10.0. The van der Waals surface area contributed by atoms with Gasteiger partial charge in [-0.3, -0.25) is 0 Å². The summed E-state index contributed by atoms with van der Waals surface area (Å²) in [5.74, 6) is 1.22. The molecule has 1 unspecified atom stereocenters. The van der Waals surface area contributed by atoms with Gasteiger partial charge in [-0.15, -0.1) is 0 Å². The van der Waals surface area contributed by atoms with Crippen LogP contribution in [0.4, 0.5) is 4.79 Å².